The minimum atomic E-state index is -0.348. The molecule has 0 aliphatic rings. The van der Waals surface area contributed by atoms with Crippen LogP contribution in [0.1, 0.15) is 18.1 Å². The van der Waals surface area contributed by atoms with Crippen LogP contribution >= 0.6 is 11.3 Å². The number of aromatic nitrogens is 2. The SMILES string of the molecule is CC(O)CNCc1cn(Cc2ccccc2)nc1-c1cccs1. The zero-order chi connectivity index (χ0) is 16.1. The van der Waals surface area contributed by atoms with E-state index in [4.69, 9.17) is 5.10 Å². The molecule has 0 fully saturated rings. The second-order valence-corrected chi connectivity index (χ2v) is 6.59. The first-order valence-corrected chi connectivity index (χ1v) is 8.63. The summed E-state index contributed by atoms with van der Waals surface area (Å²) < 4.78 is 1.99. The van der Waals surface area contributed by atoms with Crippen molar-refractivity contribution in [2.45, 2.75) is 26.1 Å². The summed E-state index contributed by atoms with van der Waals surface area (Å²) in [7, 11) is 0. The van der Waals surface area contributed by atoms with Crippen LogP contribution in [0.15, 0.2) is 54.0 Å². The van der Waals surface area contributed by atoms with Crippen LogP contribution in [0, 0.1) is 0 Å². The number of hydrogen-bond donors (Lipinski definition) is 2. The topological polar surface area (TPSA) is 50.1 Å². The molecule has 0 saturated carbocycles. The van der Waals surface area contributed by atoms with Gasteiger partial charge in [-0.25, -0.2) is 0 Å². The van der Waals surface area contributed by atoms with Gasteiger partial charge in [0.25, 0.3) is 0 Å². The van der Waals surface area contributed by atoms with Crippen molar-refractivity contribution >= 4 is 11.3 Å². The Morgan fingerprint density at radius 2 is 2.04 bits per heavy atom. The fourth-order valence-corrected chi connectivity index (χ4v) is 3.22. The number of aliphatic hydroxyl groups is 1. The fourth-order valence-electron chi connectivity index (χ4n) is 2.48. The van der Waals surface area contributed by atoms with E-state index < -0.39 is 0 Å². The third-order valence-corrected chi connectivity index (χ3v) is 4.41. The van der Waals surface area contributed by atoms with Crippen molar-refractivity contribution in [1.29, 1.82) is 0 Å². The maximum absolute atomic E-state index is 9.40. The highest BCUT2D eigenvalue weighted by Crippen LogP contribution is 2.26. The Morgan fingerprint density at radius 1 is 1.22 bits per heavy atom. The molecule has 0 amide bonds. The van der Waals surface area contributed by atoms with Gasteiger partial charge in [0, 0.05) is 24.8 Å². The predicted molar refractivity (Wildman–Crippen MR) is 94.5 cm³/mol. The normalized spacial score (nSPS) is 12.4. The lowest BCUT2D eigenvalue weighted by Gasteiger charge is -2.06. The first-order chi connectivity index (χ1) is 11.2. The van der Waals surface area contributed by atoms with E-state index in [-0.39, 0.29) is 6.10 Å². The third-order valence-electron chi connectivity index (χ3n) is 3.53. The van der Waals surface area contributed by atoms with E-state index in [1.165, 1.54) is 10.4 Å². The number of thiophene rings is 1. The van der Waals surface area contributed by atoms with E-state index in [0.717, 1.165) is 17.8 Å². The molecule has 0 bridgehead atoms. The highest BCUT2D eigenvalue weighted by atomic mass is 32.1. The number of nitrogens with zero attached hydrogens (tertiary/aromatic N) is 2. The van der Waals surface area contributed by atoms with E-state index in [1.807, 2.05) is 28.9 Å². The van der Waals surface area contributed by atoms with Gasteiger partial charge in [-0.3, -0.25) is 4.68 Å². The molecule has 1 atom stereocenters. The second-order valence-electron chi connectivity index (χ2n) is 5.64. The van der Waals surface area contributed by atoms with Gasteiger partial charge >= 0.3 is 0 Å². The molecule has 2 N–H and O–H groups in total. The van der Waals surface area contributed by atoms with Gasteiger partial charge in [-0.2, -0.15) is 5.10 Å². The molecule has 1 aromatic carbocycles. The predicted octanol–water partition coefficient (Wildman–Crippen LogP) is 3.13. The van der Waals surface area contributed by atoms with Gasteiger partial charge in [0.2, 0.25) is 0 Å². The molecule has 2 heterocycles. The third kappa shape index (κ3) is 4.28. The molecular formula is C18H21N3OS. The zero-order valence-electron chi connectivity index (χ0n) is 13.1. The summed E-state index contributed by atoms with van der Waals surface area (Å²) >= 11 is 1.70. The maximum atomic E-state index is 9.40. The molecule has 5 heteroatoms. The molecule has 3 aromatic rings. The largest absolute Gasteiger partial charge is 0.392 e. The molecule has 0 spiro atoms. The highest BCUT2D eigenvalue weighted by molar-refractivity contribution is 7.13. The van der Waals surface area contributed by atoms with Crippen LogP contribution in [-0.4, -0.2) is 27.5 Å². The van der Waals surface area contributed by atoms with Crippen molar-refractivity contribution in [3.63, 3.8) is 0 Å². The minimum Gasteiger partial charge on any atom is -0.392 e. The van der Waals surface area contributed by atoms with Crippen LogP contribution in [-0.2, 0) is 13.1 Å². The zero-order valence-corrected chi connectivity index (χ0v) is 14.0. The quantitative estimate of drug-likeness (QED) is 0.701. The first-order valence-electron chi connectivity index (χ1n) is 7.75. The van der Waals surface area contributed by atoms with Gasteiger partial charge in [0.15, 0.2) is 0 Å². The molecule has 1 unspecified atom stereocenters. The number of rotatable bonds is 7. The Bertz CT molecular complexity index is 720. The molecule has 0 aliphatic heterocycles. The number of hydrogen-bond acceptors (Lipinski definition) is 4. The Morgan fingerprint density at radius 3 is 2.74 bits per heavy atom. The fraction of sp³-hybridized carbons (Fsp3) is 0.278. The molecule has 3 rings (SSSR count). The van der Waals surface area contributed by atoms with Crippen molar-refractivity contribution in [2.24, 2.45) is 0 Å². The average Bonchev–Trinajstić information content (AvgIpc) is 3.17. The highest BCUT2D eigenvalue weighted by Gasteiger charge is 2.12. The summed E-state index contributed by atoms with van der Waals surface area (Å²) in [5, 5.41) is 19.5. The minimum absolute atomic E-state index is 0.348. The van der Waals surface area contributed by atoms with Gasteiger partial charge in [-0.1, -0.05) is 36.4 Å². The van der Waals surface area contributed by atoms with Crippen LogP contribution in [0.4, 0.5) is 0 Å². The standard InChI is InChI=1S/C18H21N3OS/c1-14(22)10-19-11-16-13-21(12-15-6-3-2-4-7-15)20-18(16)17-8-5-9-23-17/h2-9,13-14,19,22H,10-12H2,1H3. The van der Waals surface area contributed by atoms with Crippen molar-refractivity contribution in [3.8, 4) is 10.6 Å². The summed E-state index contributed by atoms with van der Waals surface area (Å²) in [5.74, 6) is 0. The lowest BCUT2D eigenvalue weighted by Crippen LogP contribution is -2.23. The van der Waals surface area contributed by atoms with Crippen LogP contribution in [0.3, 0.4) is 0 Å². The van der Waals surface area contributed by atoms with Crippen molar-refractivity contribution in [2.75, 3.05) is 6.54 Å². The van der Waals surface area contributed by atoms with E-state index in [2.05, 4.69) is 35.1 Å². The molecular weight excluding hydrogens is 306 g/mol. The average molecular weight is 327 g/mol. The summed E-state index contributed by atoms with van der Waals surface area (Å²) in [5.41, 5.74) is 3.41. The van der Waals surface area contributed by atoms with E-state index in [0.29, 0.717) is 13.1 Å². The number of benzene rings is 1. The van der Waals surface area contributed by atoms with Crippen LogP contribution in [0.25, 0.3) is 10.6 Å². The summed E-state index contributed by atoms with van der Waals surface area (Å²) in [6.45, 7) is 3.82. The lowest BCUT2D eigenvalue weighted by molar-refractivity contribution is 0.191. The van der Waals surface area contributed by atoms with Gasteiger partial charge in [-0.15, -0.1) is 11.3 Å². The van der Waals surface area contributed by atoms with E-state index >= 15 is 0 Å². The smallest absolute Gasteiger partial charge is 0.107 e. The Balaban J connectivity index is 1.81. The molecule has 0 aliphatic carbocycles. The van der Waals surface area contributed by atoms with Gasteiger partial charge < -0.3 is 10.4 Å². The summed E-state index contributed by atoms with van der Waals surface area (Å²) in [4.78, 5) is 1.17. The summed E-state index contributed by atoms with van der Waals surface area (Å²) in [6, 6.07) is 14.5. The van der Waals surface area contributed by atoms with Crippen molar-refractivity contribution in [3.05, 3.63) is 65.2 Å². The van der Waals surface area contributed by atoms with E-state index in [1.54, 1.807) is 18.3 Å². The molecule has 2 aromatic heterocycles. The van der Waals surface area contributed by atoms with Crippen molar-refractivity contribution in [1.82, 2.24) is 15.1 Å². The first kappa shape index (κ1) is 15.9. The second kappa shape index (κ2) is 7.55. The van der Waals surface area contributed by atoms with Gasteiger partial charge in [0.1, 0.15) is 5.69 Å². The van der Waals surface area contributed by atoms with Gasteiger partial charge in [-0.05, 0) is 23.9 Å². The van der Waals surface area contributed by atoms with Gasteiger partial charge in [0.05, 0.1) is 17.5 Å². The molecule has 0 saturated heterocycles. The van der Waals surface area contributed by atoms with E-state index in [9.17, 15) is 5.11 Å². The van der Waals surface area contributed by atoms with Crippen LogP contribution in [0.5, 0.6) is 0 Å². The molecule has 0 radical (unpaired) electrons. The Hall–Kier alpha value is -1.95. The van der Waals surface area contributed by atoms with Crippen molar-refractivity contribution < 1.29 is 5.11 Å². The Kier molecular flexibility index (Phi) is 5.23. The van der Waals surface area contributed by atoms with Crippen LogP contribution in [0.2, 0.25) is 0 Å². The number of nitrogens with one attached hydrogen (secondary N) is 1. The molecule has 120 valence electrons. The Labute approximate surface area is 140 Å². The summed E-state index contributed by atoms with van der Waals surface area (Å²) in [6.07, 6.45) is 1.75. The lowest BCUT2D eigenvalue weighted by atomic mass is 10.2. The van der Waals surface area contributed by atoms with Crippen LogP contribution < -0.4 is 5.32 Å². The maximum Gasteiger partial charge on any atom is 0.107 e. The number of aliphatic hydroxyl groups excluding tert-OH is 1. The monoisotopic (exact) mass is 327 g/mol. The molecule has 4 nitrogen and oxygen atoms in total. The molecule has 23 heavy (non-hydrogen) atoms.